The van der Waals surface area contributed by atoms with E-state index in [1.165, 1.54) is 30.2 Å². The highest BCUT2D eigenvalue weighted by molar-refractivity contribution is 5.35. The Balaban J connectivity index is 1.50. The number of hydrogen-bond donors (Lipinski definition) is 2. The lowest BCUT2D eigenvalue weighted by Crippen LogP contribution is -2.28. The number of anilines is 2. The lowest BCUT2D eigenvalue weighted by molar-refractivity contribution is 0.326. The van der Waals surface area contributed by atoms with Crippen molar-refractivity contribution in [1.82, 2.24) is 34.6 Å². The third kappa shape index (κ3) is 2.64. The third-order valence-corrected chi connectivity index (χ3v) is 3.88. The zero-order valence-corrected chi connectivity index (χ0v) is 11.6. The molecule has 1 unspecified atom stereocenters. The second-order valence-corrected chi connectivity index (χ2v) is 5.51. The van der Waals surface area contributed by atoms with Crippen molar-refractivity contribution in [3.05, 3.63) is 12.7 Å². The van der Waals surface area contributed by atoms with Crippen molar-refractivity contribution in [2.24, 2.45) is 0 Å². The molecule has 0 bridgehead atoms. The van der Waals surface area contributed by atoms with Crippen molar-refractivity contribution in [2.45, 2.75) is 31.3 Å². The van der Waals surface area contributed by atoms with Crippen LogP contribution in [0.4, 0.5) is 11.9 Å². The summed E-state index contributed by atoms with van der Waals surface area (Å²) in [6.07, 6.45) is 6.73. The SMILES string of the molecule is Nc1nc(NC2CCN(C3CC3)C2)nc(-n2cncn2)n1. The maximum Gasteiger partial charge on any atom is 0.258 e. The Bertz CT molecular complexity index is 622. The molecule has 1 aliphatic heterocycles. The Labute approximate surface area is 121 Å². The van der Waals surface area contributed by atoms with Crippen molar-refractivity contribution in [1.29, 1.82) is 0 Å². The van der Waals surface area contributed by atoms with Crippen LogP contribution in [0.3, 0.4) is 0 Å². The molecule has 4 rings (SSSR count). The first-order valence-electron chi connectivity index (χ1n) is 7.15. The average molecular weight is 287 g/mol. The van der Waals surface area contributed by atoms with Gasteiger partial charge in [-0.25, -0.2) is 4.98 Å². The van der Waals surface area contributed by atoms with Gasteiger partial charge >= 0.3 is 0 Å². The van der Waals surface area contributed by atoms with Gasteiger partial charge < -0.3 is 11.1 Å². The fourth-order valence-electron chi connectivity index (χ4n) is 2.72. The molecule has 110 valence electrons. The molecule has 1 atom stereocenters. The molecular formula is C12H17N9. The van der Waals surface area contributed by atoms with Gasteiger partial charge in [0.25, 0.3) is 5.95 Å². The van der Waals surface area contributed by atoms with Gasteiger partial charge in [-0.1, -0.05) is 0 Å². The summed E-state index contributed by atoms with van der Waals surface area (Å²) in [7, 11) is 0. The van der Waals surface area contributed by atoms with Crippen LogP contribution >= 0.6 is 0 Å². The number of nitrogens with two attached hydrogens (primary N) is 1. The molecule has 9 nitrogen and oxygen atoms in total. The van der Waals surface area contributed by atoms with Gasteiger partial charge in [0.1, 0.15) is 12.7 Å². The van der Waals surface area contributed by atoms with Crippen LogP contribution in [-0.4, -0.2) is 59.8 Å². The molecule has 1 saturated carbocycles. The van der Waals surface area contributed by atoms with Crippen LogP contribution in [-0.2, 0) is 0 Å². The predicted molar refractivity (Wildman–Crippen MR) is 75.8 cm³/mol. The van der Waals surface area contributed by atoms with Crippen molar-refractivity contribution in [2.75, 3.05) is 24.1 Å². The van der Waals surface area contributed by atoms with Crippen molar-refractivity contribution in [3.8, 4) is 5.95 Å². The molecule has 1 saturated heterocycles. The second kappa shape index (κ2) is 4.92. The summed E-state index contributed by atoms with van der Waals surface area (Å²) in [5.41, 5.74) is 5.75. The van der Waals surface area contributed by atoms with Crippen LogP contribution in [0, 0.1) is 0 Å². The topological polar surface area (TPSA) is 111 Å². The fraction of sp³-hybridized carbons (Fsp3) is 0.583. The van der Waals surface area contributed by atoms with E-state index in [0.29, 0.717) is 17.9 Å². The molecule has 3 heterocycles. The first kappa shape index (κ1) is 12.5. The molecule has 9 heteroatoms. The summed E-state index contributed by atoms with van der Waals surface area (Å²) < 4.78 is 1.47. The van der Waals surface area contributed by atoms with Gasteiger partial charge in [-0.3, -0.25) is 4.90 Å². The second-order valence-electron chi connectivity index (χ2n) is 5.51. The lowest BCUT2D eigenvalue weighted by Gasteiger charge is -2.15. The van der Waals surface area contributed by atoms with Crippen LogP contribution < -0.4 is 11.1 Å². The Kier molecular flexibility index (Phi) is 2.92. The van der Waals surface area contributed by atoms with Crippen LogP contribution in [0.1, 0.15) is 19.3 Å². The summed E-state index contributed by atoms with van der Waals surface area (Å²) in [6.45, 7) is 2.17. The molecule has 2 aromatic rings. The standard InChI is InChI=1S/C12H17N9/c13-10-17-11(19-12(18-10)21-7-14-6-15-21)16-8-3-4-20(5-8)9-1-2-9/h6-9H,1-5H2,(H3,13,16,17,18,19). The summed E-state index contributed by atoms with van der Waals surface area (Å²) in [5, 5.41) is 7.36. The fourth-order valence-corrected chi connectivity index (χ4v) is 2.72. The van der Waals surface area contributed by atoms with E-state index in [0.717, 1.165) is 25.6 Å². The van der Waals surface area contributed by atoms with Crippen LogP contribution in [0.5, 0.6) is 0 Å². The minimum atomic E-state index is 0.176. The number of nitrogens with one attached hydrogen (secondary N) is 1. The van der Waals surface area contributed by atoms with E-state index in [-0.39, 0.29) is 5.95 Å². The summed E-state index contributed by atoms with van der Waals surface area (Å²) in [5.74, 6) is 1.05. The van der Waals surface area contributed by atoms with Gasteiger partial charge in [0, 0.05) is 25.2 Å². The number of nitrogens with zero attached hydrogens (tertiary/aromatic N) is 7. The Morgan fingerprint density at radius 3 is 2.86 bits per heavy atom. The predicted octanol–water partition coefficient (Wildman–Crippen LogP) is -0.317. The zero-order chi connectivity index (χ0) is 14.2. The minimum absolute atomic E-state index is 0.176. The molecule has 2 fully saturated rings. The molecule has 2 aromatic heterocycles. The third-order valence-electron chi connectivity index (χ3n) is 3.88. The van der Waals surface area contributed by atoms with Crippen LogP contribution in [0.15, 0.2) is 12.7 Å². The van der Waals surface area contributed by atoms with Gasteiger partial charge in [0.05, 0.1) is 0 Å². The smallest absolute Gasteiger partial charge is 0.258 e. The first-order valence-corrected chi connectivity index (χ1v) is 7.15. The summed E-state index contributed by atoms with van der Waals surface area (Å²) >= 11 is 0. The maximum absolute atomic E-state index is 5.75. The highest BCUT2D eigenvalue weighted by atomic mass is 15.4. The summed E-state index contributed by atoms with van der Waals surface area (Å²) in [4.78, 5) is 19.0. The zero-order valence-electron chi connectivity index (χ0n) is 11.6. The average Bonchev–Trinajstić information content (AvgIpc) is 2.99. The highest BCUT2D eigenvalue weighted by Crippen LogP contribution is 2.30. The number of aromatic nitrogens is 6. The number of nitrogen functional groups attached to an aromatic ring is 1. The van der Waals surface area contributed by atoms with E-state index < -0.39 is 0 Å². The van der Waals surface area contributed by atoms with Gasteiger partial charge in [0.15, 0.2) is 0 Å². The van der Waals surface area contributed by atoms with Gasteiger partial charge in [-0.2, -0.15) is 24.7 Å². The number of hydrogen-bond acceptors (Lipinski definition) is 8. The van der Waals surface area contributed by atoms with Crippen LogP contribution in [0.25, 0.3) is 5.95 Å². The van der Waals surface area contributed by atoms with E-state index in [1.54, 1.807) is 0 Å². The van der Waals surface area contributed by atoms with Gasteiger partial charge in [-0.15, -0.1) is 0 Å². The molecule has 0 spiro atoms. The molecule has 1 aliphatic carbocycles. The van der Waals surface area contributed by atoms with E-state index in [9.17, 15) is 0 Å². The molecular weight excluding hydrogens is 270 g/mol. The normalized spacial score (nSPS) is 22.6. The monoisotopic (exact) mass is 287 g/mol. The molecule has 2 aliphatic rings. The van der Waals surface area contributed by atoms with Crippen molar-refractivity contribution < 1.29 is 0 Å². The van der Waals surface area contributed by atoms with Crippen molar-refractivity contribution in [3.63, 3.8) is 0 Å². The Morgan fingerprint density at radius 2 is 2.10 bits per heavy atom. The molecule has 21 heavy (non-hydrogen) atoms. The maximum atomic E-state index is 5.75. The van der Waals surface area contributed by atoms with Crippen molar-refractivity contribution >= 4 is 11.9 Å². The van der Waals surface area contributed by atoms with E-state index in [2.05, 4.69) is 35.3 Å². The molecule has 0 aromatic carbocycles. The molecule has 0 amide bonds. The van der Waals surface area contributed by atoms with Crippen LogP contribution in [0.2, 0.25) is 0 Å². The number of rotatable bonds is 4. The number of likely N-dealkylation sites (tertiary alicyclic amines) is 1. The quantitative estimate of drug-likeness (QED) is 0.787. The van der Waals surface area contributed by atoms with E-state index >= 15 is 0 Å². The van der Waals surface area contributed by atoms with Gasteiger partial charge in [-0.05, 0) is 19.3 Å². The minimum Gasteiger partial charge on any atom is -0.368 e. The van der Waals surface area contributed by atoms with E-state index in [1.807, 2.05) is 0 Å². The first-order chi connectivity index (χ1) is 10.3. The largest absolute Gasteiger partial charge is 0.368 e. The summed E-state index contributed by atoms with van der Waals surface area (Å²) in [6, 6.07) is 1.15. The Hall–Kier alpha value is -2.29. The highest BCUT2D eigenvalue weighted by Gasteiger charge is 2.34. The Morgan fingerprint density at radius 1 is 1.19 bits per heavy atom. The molecule has 0 radical (unpaired) electrons. The lowest BCUT2D eigenvalue weighted by atomic mass is 10.3. The van der Waals surface area contributed by atoms with Gasteiger partial charge in [0.2, 0.25) is 11.9 Å². The van der Waals surface area contributed by atoms with E-state index in [4.69, 9.17) is 5.73 Å². The molecule has 3 N–H and O–H groups in total.